The number of aliphatic hydroxyl groups is 1. The van der Waals surface area contributed by atoms with E-state index in [9.17, 15) is 4.79 Å². The molecule has 0 aliphatic carbocycles. The number of carbonyl (C=O) groups is 1. The van der Waals surface area contributed by atoms with Gasteiger partial charge in [0.15, 0.2) is 0 Å². The minimum Gasteiger partial charge on any atom is -0.478 e. The van der Waals surface area contributed by atoms with Gasteiger partial charge in [0.25, 0.3) is 0 Å². The highest BCUT2D eigenvalue weighted by atomic mass is 35.5. The molecule has 2 N–H and O–H groups in total. The molecule has 0 atom stereocenters. The molecule has 0 amide bonds. The van der Waals surface area contributed by atoms with E-state index in [1.807, 2.05) is 11.8 Å². The maximum Gasteiger partial charge on any atom is 0.337 e. The lowest BCUT2D eigenvalue weighted by Crippen LogP contribution is -2.28. The van der Waals surface area contributed by atoms with Crippen LogP contribution in [0.25, 0.3) is 0 Å². The van der Waals surface area contributed by atoms with Gasteiger partial charge in [-0.15, -0.1) is 0 Å². The smallest absolute Gasteiger partial charge is 0.337 e. The molecule has 1 aromatic rings. The average molecular weight is 259 g/mol. The SMILES string of the molecule is CCCN(CCO)c1cc(C(=O)O)c(Cl)cn1. The van der Waals surface area contributed by atoms with Crippen molar-refractivity contribution in [3.8, 4) is 0 Å². The number of hydrogen-bond donors (Lipinski definition) is 2. The van der Waals surface area contributed by atoms with Gasteiger partial charge >= 0.3 is 5.97 Å². The zero-order valence-corrected chi connectivity index (χ0v) is 10.3. The normalized spacial score (nSPS) is 10.3. The Balaban J connectivity index is 3.03. The van der Waals surface area contributed by atoms with Crippen molar-refractivity contribution in [1.29, 1.82) is 0 Å². The third-order valence-electron chi connectivity index (χ3n) is 2.26. The highest BCUT2D eigenvalue weighted by Gasteiger charge is 2.13. The first-order valence-corrected chi connectivity index (χ1v) is 5.72. The van der Waals surface area contributed by atoms with Crippen LogP contribution in [-0.2, 0) is 0 Å². The van der Waals surface area contributed by atoms with Crippen molar-refractivity contribution in [2.75, 3.05) is 24.6 Å². The van der Waals surface area contributed by atoms with Gasteiger partial charge in [0.1, 0.15) is 5.82 Å². The molecule has 0 fully saturated rings. The van der Waals surface area contributed by atoms with Gasteiger partial charge in [0.05, 0.1) is 17.2 Å². The molecule has 1 heterocycles. The van der Waals surface area contributed by atoms with E-state index in [0.717, 1.165) is 6.42 Å². The molecule has 0 saturated carbocycles. The molecule has 6 heteroatoms. The van der Waals surface area contributed by atoms with Gasteiger partial charge in [0.2, 0.25) is 0 Å². The van der Waals surface area contributed by atoms with Crippen LogP contribution in [0.2, 0.25) is 5.02 Å². The predicted octanol–water partition coefficient (Wildman–Crippen LogP) is 1.64. The van der Waals surface area contributed by atoms with Crippen molar-refractivity contribution in [3.05, 3.63) is 22.8 Å². The Morgan fingerprint density at radius 3 is 2.76 bits per heavy atom. The van der Waals surface area contributed by atoms with E-state index >= 15 is 0 Å². The number of nitrogens with zero attached hydrogens (tertiary/aromatic N) is 2. The van der Waals surface area contributed by atoms with Crippen LogP contribution >= 0.6 is 11.6 Å². The zero-order chi connectivity index (χ0) is 12.8. The summed E-state index contributed by atoms with van der Waals surface area (Å²) in [6.07, 6.45) is 2.20. The molecule has 5 nitrogen and oxygen atoms in total. The molecular weight excluding hydrogens is 244 g/mol. The summed E-state index contributed by atoms with van der Waals surface area (Å²) in [6.45, 7) is 3.11. The Hall–Kier alpha value is -1.33. The monoisotopic (exact) mass is 258 g/mol. The summed E-state index contributed by atoms with van der Waals surface area (Å²) in [5.74, 6) is -0.568. The van der Waals surface area contributed by atoms with Gasteiger partial charge in [-0.25, -0.2) is 9.78 Å². The second-order valence-corrected chi connectivity index (χ2v) is 3.95. The van der Waals surface area contributed by atoms with Gasteiger partial charge in [-0.2, -0.15) is 0 Å². The molecule has 0 aliphatic rings. The highest BCUT2D eigenvalue weighted by molar-refractivity contribution is 6.33. The summed E-state index contributed by atoms with van der Waals surface area (Å²) in [6, 6.07) is 1.43. The van der Waals surface area contributed by atoms with Crippen LogP contribution in [0.4, 0.5) is 5.82 Å². The van der Waals surface area contributed by atoms with E-state index < -0.39 is 5.97 Å². The fourth-order valence-corrected chi connectivity index (χ4v) is 1.68. The van der Waals surface area contributed by atoms with Crippen molar-refractivity contribution < 1.29 is 15.0 Å². The Morgan fingerprint density at radius 1 is 1.53 bits per heavy atom. The number of rotatable bonds is 6. The quantitative estimate of drug-likeness (QED) is 0.812. The summed E-state index contributed by atoms with van der Waals surface area (Å²) in [7, 11) is 0. The van der Waals surface area contributed by atoms with Crippen LogP contribution in [0.15, 0.2) is 12.3 Å². The van der Waals surface area contributed by atoms with E-state index in [2.05, 4.69) is 4.98 Å². The largest absolute Gasteiger partial charge is 0.478 e. The lowest BCUT2D eigenvalue weighted by atomic mass is 10.2. The number of hydrogen-bond acceptors (Lipinski definition) is 4. The first-order valence-electron chi connectivity index (χ1n) is 5.34. The molecule has 0 unspecified atom stereocenters. The molecule has 1 rings (SSSR count). The number of halogens is 1. The average Bonchev–Trinajstić information content (AvgIpc) is 2.29. The number of carboxylic acid groups (broad SMARTS) is 1. The lowest BCUT2D eigenvalue weighted by molar-refractivity contribution is 0.0697. The number of aromatic carboxylic acids is 1. The van der Waals surface area contributed by atoms with Crippen molar-refractivity contribution in [2.24, 2.45) is 0 Å². The molecule has 17 heavy (non-hydrogen) atoms. The maximum absolute atomic E-state index is 10.9. The van der Waals surface area contributed by atoms with Crippen LogP contribution in [0.1, 0.15) is 23.7 Å². The standard InChI is InChI=1S/C11H15ClN2O3/c1-2-3-14(4-5-15)10-6-8(11(16)17)9(12)7-13-10/h6-7,15H,2-5H2,1H3,(H,16,17). The molecule has 0 spiro atoms. The Labute approximate surface area is 105 Å². The summed E-state index contributed by atoms with van der Waals surface area (Å²) < 4.78 is 0. The van der Waals surface area contributed by atoms with Gasteiger partial charge in [0, 0.05) is 19.3 Å². The van der Waals surface area contributed by atoms with E-state index in [-0.39, 0.29) is 17.2 Å². The third-order valence-corrected chi connectivity index (χ3v) is 2.56. The molecule has 0 aromatic carbocycles. The van der Waals surface area contributed by atoms with Crippen LogP contribution in [-0.4, -0.2) is 40.9 Å². The van der Waals surface area contributed by atoms with Gasteiger partial charge in [-0.3, -0.25) is 0 Å². The van der Waals surface area contributed by atoms with E-state index in [4.69, 9.17) is 21.8 Å². The second-order valence-electron chi connectivity index (χ2n) is 3.54. The van der Waals surface area contributed by atoms with Crippen LogP contribution in [0, 0.1) is 0 Å². The minimum absolute atomic E-state index is 0.00723. The molecular formula is C11H15ClN2O3. The molecule has 94 valence electrons. The molecule has 1 aromatic heterocycles. The van der Waals surface area contributed by atoms with E-state index in [1.165, 1.54) is 12.3 Å². The molecule has 0 radical (unpaired) electrons. The number of anilines is 1. The van der Waals surface area contributed by atoms with Crippen molar-refractivity contribution in [2.45, 2.75) is 13.3 Å². The van der Waals surface area contributed by atoms with Gasteiger partial charge in [-0.05, 0) is 12.5 Å². The van der Waals surface area contributed by atoms with Crippen LogP contribution in [0.3, 0.4) is 0 Å². The molecule has 0 bridgehead atoms. The number of pyridine rings is 1. The minimum atomic E-state index is -1.08. The van der Waals surface area contributed by atoms with Crippen LogP contribution < -0.4 is 4.90 Å². The Morgan fingerprint density at radius 2 is 2.24 bits per heavy atom. The predicted molar refractivity (Wildman–Crippen MR) is 65.8 cm³/mol. The fraction of sp³-hybridized carbons (Fsp3) is 0.455. The van der Waals surface area contributed by atoms with Crippen molar-refractivity contribution in [1.82, 2.24) is 4.98 Å². The van der Waals surface area contributed by atoms with E-state index in [1.54, 1.807) is 0 Å². The fourth-order valence-electron chi connectivity index (χ4n) is 1.50. The topological polar surface area (TPSA) is 73.7 Å². The van der Waals surface area contributed by atoms with E-state index in [0.29, 0.717) is 18.9 Å². The molecule has 0 aliphatic heterocycles. The second kappa shape index (κ2) is 6.42. The number of aliphatic hydroxyl groups excluding tert-OH is 1. The number of aromatic nitrogens is 1. The lowest BCUT2D eigenvalue weighted by Gasteiger charge is -2.22. The zero-order valence-electron chi connectivity index (χ0n) is 9.56. The highest BCUT2D eigenvalue weighted by Crippen LogP contribution is 2.20. The first-order chi connectivity index (χ1) is 8.10. The van der Waals surface area contributed by atoms with Gasteiger partial charge in [-0.1, -0.05) is 18.5 Å². The van der Waals surface area contributed by atoms with Crippen molar-refractivity contribution in [3.63, 3.8) is 0 Å². The summed E-state index contributed by atoms with van der Waals surface area (Å²) in [5.41, 5.74) is 0.0238. The summed E-state index contributed by atoms with van der Waals surface area (Å²) >= 11 is 5.74. The molecule has 0 saturated heterocycles. The number of carboxylic acids is 1. The maximum atomic E-state index is 10.9. The Bertz CT molecular complexity index is 392. The Kier molecular flexibility index (Phi) is 5.18. The van der Waals surface area contributed by atoms with Gasteiger partial charge < -0.3 is 15.1 Å². The van der Waals surface area contributed by atoms with Crippen molar-refractivity contribution >= 4 is 23.4 Å². The summed E-state index contributed by atoms with van der Waals surface area (Å²) in [5, 5.41) is 18.0. The third kappa shape index (κ3) is 3.57. The van der Waals surface area contributed by atoms with Crippen LogP contribution in [0.5, 0.6) is 0 Å². The summed E-state index contributed by atoms with van der Waals surface area (Å²) in [4.78, 5) is 16.8. The first kappa shape index (κ1) is 13.7.